The summed E-state index contributed by atoms with van der Waals surface area (Å²) in [6.07, 6.45) is 4.02. The third-order valence-corrected chi connectivity index (χ3v) is 6.32. The standard InChI is InChI=1S/C26H34O4Si2.CH4/c1-31(2,3)19-29-25(27)24(26(28)30-20-32(4,5)6)18-17-23(21-13-9-7-10-14-21)22-15-11-8-12-16-22;/h7-18H,19-20H2,1-6H3;1H4. The lowest BCUT2D eigenvalue weighted by atomic mass is 9.97. The molecule has 33 heavy (non-hydrogen) atoms. The second-order valence-electron chi connectivity index (χ2n) is 10.2. The number of ether oxygens (including phenoxy) is 2. The van der Waals surface area contributed by atoms with Crippen molar-refractivity contribution in [2.24, 2.45) is 0 Å². The molecule has 0 heterocycles. The van der Waals surface area contributed by atoms with Crippen molar-refractivity contribution in [1.29, 1.82) is 0 Å². The molecule has 2 aromatic rings. The Labute approximate surface area is 201 Å². The Kier molecular flexibility index (Phi) is 10.7. The monoisotopic (exact) mass is 482 g/mol. The minimum absolute atomic E-state index is 0. The molecule has 2 rings (SSSR count). The van der Waals surface area contributed by atoms with Gasteiger partial charge in [-0.05, 0) is 22.8 Å². The van der Waals surface area contributed by atoms with Crippen molar-refractivity contribution in [3.05, 3.63) is 89.5 Å². The van der Waals surface area contributed by atoms with Gasteiger partial charge in [-0.25, -0.2) is 9.59 Å². The first-order chi connectivity index (χ1) is 15.0. The number of allylic oxidation sites excluding steroid dienone is 2. The summed E-state index contributed by atoms with van der Waals surface area (Å²) in [6, 6.07) is 19.7. The molecule has 2 aromatic carbocycles. The van der Waals surface area contributed by atoms with Gasteiger partial charge >= 0.3 is 11.9 Å². The molecule has 0 aliphatic carbocycles. The van der Waals surface area contributed by atoms with Crippen molar-refractivity contribution in [3.63, 3.8) is 0 Å². The molecular weight excluding hydrogens is 444 g/mol. The van der Waals surface area contributed by atoms with Crippen LogP contribution in [0.5, 0.6) is 0 Å². The van der Waals surface area contributed by atoms with Gasteiger partial charge in [-0.15, -0.1) is 0 Å². The van der Waals surface area contributed by atoms with Crippen molar-refractivity contribution >= 4 is 33.7 Å². The summed E-state index contributed by atoms with van der Waals surface area (Å²) in [6.45, 7) is 12.6. The van der Waals surface area contributed by atoms with Crippen LogP contribution in [0.15, 0.2) is 78.4 Å². The Morgan fingerprint density at radius 1 is 0.667 bits per heavy atom. The van der Waals surface area contributed by atoms with E-state index in [2.05, 4.69) is 39.3 Å². The molecule has 0 amide bonds. The first kappa shape index (κ1) is 28.3. The molecule has 0 unspecified atom stereocenters. The van der Waals surface area contributed by atoms with E-state index in [4.69, 9.17) is 9.47 Å². The van der Waals surface area contributed by atoms with Crippen LogP contribution >= 0.6 is 0 Å². The second kappa shape index (κ2) is 12.5. The van der Waals surface area contributed by atoms with Crippen molar-refractivity contribution in [2.45, 2.75) is 46.7 Å². The van der Waals surface area contributed by atoms with Crippen molar-refractivity contribution in [2.75, 3.05) is 12.5 Å². The summed E-state index contributed by atoms with van der Waals surface area (Å²) in [5, 5.41) is 0. The summed E-state index contributed by atoms with van der Waals surface area (Å²) in [5.74, 6) is -1.27. The van der Waals surface area contributed by atoms with E-state index in [0.29, 0.717) is 12.5 Å². The summed E-state index contributed by atoms with van der Waals surface area (Å²) in [5.41, 5.74) is 2.80. The van der Waals surface area contributed by atoms with E-state index in [1.807, 2.05) is 60.7 Å². The number of carbonyl (C=O) groups excluding carboxylic acids is 2. The topological polar surface area (TPSA) is 52.6 Å². The molecule has 0 aliphatic heterocycles. The van der Waals surface area contributed by atoms with Crippen molar-refractivity contribution in [1.82, 2.24) is 0 Å². The maximum atomic E-state index is 12.9. The highest BCUT2D eigenvalue weighted by Gasteiger charge is 2.26. The number of carbonyl (C=O) groups is 2. The molecule has 6 heteroatoms. The molecule has 4 nitrogen and oxygen atoms in total. The highest BCUT2D eigenvalue weighted by molar-refractivity contribution is 6.76. The van der Waals surface area contributed by atoms with E-state index >= 15 is 0 Å². The van der Waals surface area contributed by atoms with Crippen molar-refractivity contribution < 1.29 is 19.1 Å². The zero-order chi connectivity index (χ0) is 23.8. The molecule has 0 bridgehead atoms. The molecule has 0 aromatic heterocycles. The Bertz CT molecular complexity index is 893. The molecular formula is C27H38O4Si2. The largest absolute Gasteiger partial charge is 0.466 e. The van der Waals surface area contributed by atoms with Crippen LogP contribution in [0.25, 0.3) is 5.57 Å². The third kappa shape index (κ3) is 10.2. The van der Waals surface area contributed by atoms with Gasteiger partial charge < -0.3 is 9.47 Å². The summed E-state index contributed by atoms with van der Waals surface area (Å²) in [4.78, 5) is 25.7. The highest BCUT2D eigenvalue weighted by Crippen LogP contribution is 2.24. The smallest absolute Gasteiger partial charge is 0.345 e. The SMILES string of the molecule is C.C[Si](C)(C)COC(=O)C(=CC=C(c1ccccc1)c1ccccc1)C(=O)OC[Si](C)(C)C. The molecule has 0 fully saturated rings. The number of benzene rings is 2. The molecule has 178 valence electrons. The summed E-state index contributed by atoms with van der Waals surface area (Å²) in [7, 11) is -3.26. The van der Waals surface area contributed by atoms with Crippen LogP contribution in [-0.4, -0.2) is 40.5 Å². The average molecular weight is 483 g/mol. The van der Waals surface area contributed by atoms with Crippen LogP contribution in [0.4, 0.5) is 0 Å². The van der Waals surface area contributed by atoms with Gasteiger partial charge in [0.2, 0.25) is 0 Å². The molecule has 0 spiro atoms. The molecule has 0 saturated heterocycles. The van der Waals surface area contributed by atoms with Crippen molar-refractivity contribution in [3.8, 4) is 0 Å². The van der Waals surface area contributed by atoms with Gasteiger partial charge in [0.25, 0.3) is 0 Å². The van der Waals surface area contributed by atoms with Gasteiger partial charge in [-0.2, -0.15) is 0 Å². The fourth-order valence-corrected chi connectivity index (χ4v) is 3.83. The second-order valence-corrected chi connectivity index (χ2v) is 21.0. The number of hydrogen-bond donors (Lipinski definition) is 0. The van der Waals surface area contributed by atoms with Gasteiger partial charge in [-0.3, -0.25) is 0 Å². The Balaban J connectivity index is 0.00000544. The van der Waals surface area contributed by atoms with E-state index in [1.165, 1.54) is 6.08 Å². The fourth-order valence-electron chi connectivity index (χ4n) is 2.70. The number of esters is 2. The normalized spacial score (nSPS) is 11.0. The van der Waals surface area contributed by atoms with Gasteiger partial charge in [0.1, 0.15) is 5.57 Å². The number of hydrogen-bond acceptors (Lipinski definition) is 4. The minimum atomic E-state index is -1.63. The van der Waals surface area contributed by atoms with Crippen LogP contribution in [-0.2, 0) is 19.1 Å². The Hall–Kier alpha value is -2.71. The Morgan fingerprint density at radius 2 is 1.03 bits per heavy atom. The van der Waals surface area contributed by atoms with E-state index < -0.39 is 28.1 Å². The van der Waals surface area contributed by atoms with Crippen LogP contribution < -0.4 is 0 Å². The van der Waals surface area contributed by atoms with Crippen LogP contribution in [0.1, 0.15) is 18.6 Å². The fraction of sp³-hybridized carbons (Fsp3) is 0.333. The Morgan fingerprint density at radius 3 is 1.36 bits per heavy atom. The first-order valence-electron chi connectivity index (χ1n) is 10.8. The van der Waals surface area contributed by atoms with Gasteiger partial charge in [-0.1, -0.05) is 113 Å². The van der Waals surface area contributed by atoms with Crippen LogP contribution in [0, 0.1) is 0 Å². The zero-order valence-corrected chi connectivity index (χ0v) is 22.0. The van der Waals surface area contributed by atoms with E-state index in [-0.39, 0.29) is 13.0 Å². The summed E-state index contributed by atoms with van der Waals surface area (Å²) >= 11 is 0. The lowest BCUT2D eigenvalue weighted by Crippen LogP contribution is -2.33. The molecule has 0 aliphatic rings. The minimum Gasteiger partial charge on any atom is -0.466 e. The third-order valence-electron chi connectivity index (χ3n) is 4.30. The van der Waals surface area contributed by atoms with Crippen LogP contribution in [0.3, 0.4) is 0 Å². The molecule has 0 saturated carbocycles. The maximum absolute atomic E-state index is 12.9. The summed E-state index contributed by atoms with van der Waals surface area (Å²) < 4.78 is 11.0. The highest BCUT2D eigenvalue weighted by atomic mass is 28.3. The first-order valence-corrected chi connectivity index (χ1v) is 18.2. The van der Waals surface area contributed by atoms with E-state index in [1.54, 1.807) is 6.08 Å². The predicted octanol–water partition coefficient (Wildman–Crippen LogP) is 6.52. The average Bonchev–Trinajstić information content (AvgIpc) is 2.74. The van der Waals surface area contributed by atoms with Gasteiger partial charge in [0.05, 0.1) is 28.6 Å². The quantitative estimate of drug-likeness (QED) is 0.102. The maximum Gasteiger partial charge on any atom is 0.345 e. The lowest BCUT2D eigenvalue weighted by Gasteiger charge is -2.18. The van der Waals surface area contributed by atoms with Gasteiger partial charge in [0, 0.05) is 0 Å². The molecule has 0 N–H and O–H groups in total. The van der Waals surface area contributed by atoms with E-state index in [9.17, 15) is 9.59 Å². The molecule has 0 radical (unpaired) electrons. The molecule has 0 atom stereocenters. The van der Waals surface area contributed by atoms with Gasteiger partial charge in [0.15, 0.2) is 0 Å². The van der Waals surface area contributed by atoms with E-state index in [0.717, 1.165) is 16.7 Å². The lowest BCUT2D eigenvalue weighted by molar-refractivity contribution is -0.145. The van der Waals surface area contributed by atoms with Crippen LogP contribution in [0.2, 0.25) is 39.3 Å². The zero-order valence-electron chi connectivity index (χ0n) is 20.0. The predicted molar refractivity (Wildman–Crippen MR) is 143 cm³/mol. The number of rotatable bonds is 9.